The molecule has 1 heterocycles. The van der Waals surface area contributed by atoms with E-state index in [0.717, 1.165) is 30.8 Å². The molecule has 2 N–H and O–H groups in total. The summed E-state index contributed by atoms with van der Waals surface area (Å²) in [4.78, 5) is 2.65. The van der Waals surface area contributed by atoms with Crippen LogP contribution in [0.5, 0.6) is 0 Å². The summed E-state index contributed by atoms with van der Waals surface area (Å²) in [5.74, 6) is 1.63. The lowest BCUT2D eigenvalue weighted by atomic mass is 9.91. The number of hydrogen-bond acceptors (Lipinski definition) is 2. The number of nitrogens with zero attached hydrogens (tertiary/aromatic N) is 1. The molecule has 0 aromatic heterocycles. The minimum absolute atomic E-state index is 0.757. The monoisotopic (exact) mass is 198 g/mol. The molecule has 0 aliphatic carbocycles. The highest BCUT2D eigenvalue weighted by Crippen LogP contribution is 2.23. The van der Waals surface area contributed by atoms with E-state index in [1.165, 1.54) is 25.9 Å². The predicted octanol–water partition coefficient (Wildman–Crippen LogP) is 2.09. The van der Waals surface area contributed by atoms with Crippen LogP contribution in [-0.4, -0.2) is 30.6 Å². The summed E-state index contributed by atoms with van der Waals surface area (Å²) in [7, 11) is 0. The van der Waals surface area contributed by atoms with Crippen molar-refractivity contribution in [3.05, 3.63) is 0 Å². The molecule has 3 unspecified atom stereocenters. The van der Waals surface area contributed by atoms with Gasteiger partial charge in [0.05, 0.1) is 0 Å². The number of nitrogens with two attached hydrogens (primary N) is 1. The van der Waals surface area contributed by atoms with Crippen LogP contribution in [0, 0.1) is 11.8 Å². The summed E-state index contributed by atoms with van der Waals surface area (Å²) < 4.78 is 0. The number of hydrogen-bond donors (Lipinski definition) is 1. The molecule has 1 saturated heterocycles. The molecule has 2 nitrogen and oxygen atoms in total. The molecule has 0 bridgehead atoms. The highest BCUT2D eigenvalue weighted by molar-refractivity contribution is 4.79. The SMILES string of the molecule is CC(CCN)CN1CCCC(C)C1C. The Bertz CT molecular complexity index is 158. The lowest BCUT2D eigenvalue weighted by molar-refractivity contribution is 0.0970. The average molecular weight is 198 g/mol. The molecule has 3 atom stereocenters. The zero-order valence-electron chi connectivity index (χ0n) is 10.00. The first-order valence-electron chi connectivity index (χ1n) is 6.09. The van der Waals surface area contributed by atoms with Gasteiger partial charge in [-0.2, -0.15) is 0 Å². The van der Waals surface area contributed by atoms with Crippen molar-refractivity contribution < 1.29 is 0 Å². The topological polar surface area (TPSA) is 29.3 Å². The van der Waals surface area contributed by atoms with Crippen LogP contribution in [0.25, 0.3) is 0 Å². The lowest BCUT2D eigenvalue weighted by Gasteiger charge is -2.39. The highest BCUT2D eigenvalue weighted by Gasteiger charge is 2.25. The smallest absolute Gasteiger partial charge is 0.00926 e. The molecule has 1 fully saturated rings. The Labute approximate surface area is 88.8 Å². The summed E-state index contributed by atoms with van der Waals surface area (Å²) in [5.41, 5.74) is 5.58. The Morgan fingerprint density at radius 3 is 2.79 bits per heavy atom. The molecule has 0 radical (unpaired) electrons. The Morgan fingerprint density at radius 2 is 2.14 bits per heavy atom. The van der Waals surface area contributed by atoms with Crippen LogP contribution in [0.3, 0.4) is 0 Å². The Morgan fingerprint density at radius 1 is 1.43 bits per heavy atom. The molecule has 84 valence electrons. The van der Waals surface area contributed by atoms with Gasteiger partial charge in [-0.3, -0.25) is 0 Å². The first-order chi connectivity index (χ1) is 6.65. The first-order valence-corrected chi connectivity index (χ1v) is 6.09. The fraction of sp³-hybridized carbons (Fsp3) is 1.00. The van der Waals surface area contributed by atoms with E-state index in [0.29, 0.717) is 0 Å². The Kier molecular flexibility index (Phi) is 4.90. The van der Waals surface area contributed by atoms with Gasteiger partial charge in [0.15, 0.2) is 0 Å². The van der Waals surface area contributed by atoms with E-state index in [9.17, 15) is 0 Å². The van der Waals surface area contributed by atoms with Crippen LogP contribution < -0.4 is 5.73 Å². The third-order valence-electron chi connectivity index (χ3n) is 3.71. The molecule has 0 spiro atoms. The molecule has 0 amide bonds. The van der Waals surface area contributed by atoms with Crippen LogP contribution in [-0.2, 0) is 0 Å². The normalized spacial score (nSPS) is 31.7. The number of rotatable bonds is 4. The maximum atomic E-state index is 5.58. The van der Waals surface area contributed by atoms with Crippen molar-refractivity contribution >= 4 is 0 Å². The Hall–Kier alpha value is -0.0800. The van der Waals surface area contributed by atoms with Gasteiger partial charge in [0, 0.05) is 12.6 Å². The van der Waals surface area contributed by atoms with E-state index in [1.807, 2.05) is 0 Å². The molecule has 1 rings (SSSR count). The lowest BCUT2D eigenvalue weighted by Crippen LogP contribution is -2.44. The van der Waals surface area contributed by atoms with E-state index in [1.54, 1.807) is 0 Å². The van der Waals surface area contributed by atoms with Crippen molar-refractivity contribution in [2.24, 2.45) is 17.6 Å². The molecular weight excluding hydrogens is 172 g/mol. The van der Waals surface area contributed by atoms with Gasteiger partial charge in [-0.15, -0.1) is 0 Å². The van der Waals surface area contributed by atoms with Gasteiger partial charge in [-0.05, 0) is 51.1 Å². The van der Waals surface area contributed by atoms with E-state index in [-0.39, 0.29) is 0 Å². The van der Waals surface area contributed by atoms with E-state index in [4.69, 9.17) is 5.73 Å². The zero-order chi connectivity index (χ0) is 10.6. The Balaban J connectivity index is 2.35. The highest BCUT2D eigenvalue weighted by atomic mass is 15.2. The molecule has 1 aliphatic heterocycles. The van der Waals surface area contributed by atoms with Crippen LogP contribution in [0.4, 0.5) is 0 Å². The molecule has 14 heavy (non-hydrogen) atoms. The van der Waals surface area contributed by atoms with E-state index < -0.39 is 0 Å². The second-order valence-corrected chi connectivity index (χ2v) is 5.04. The quantitative estimate of drug-likeness (QED) is 0.749. The maximum Gasteiger partial charge on any atom is 0.00926 e. The second-order valence-electron chi connectivity index (χ2n) is 5.04. The molecule has 0 aromatic rings. The molecule has 0 saturated carbocycles. The third kappa shape index (κ3) is 3.25. The first kappa shape index (κ1) is 12.0. The zero-order valence-corrected chi connectivity index (χ0v) is 10.00. The summed E-state index contributed by atoms with van der Waals surface area (Å²) >= 11 is 0. The van der Waals surface area contributed by atoms with Crippen molar-refractivity contribution in [1.82, 2.24) is 4.90 Å². The van der Waals surface area contributed by atoms with Crippen LogP contribution in [0.15, 0.2) is 0 Å². The summed E-state index contributed by atoms with van der Waals surface area (Å²) in [6, 6.07) is 0.768. The van der Waals surface area contributed by atoms with Crippen molar-refractivity contribution in [2.75, 3.05) is 19.6 Å². The van der Waals surface area contributed by atoms with Crippen molar-refractivity contribution in [3.8, 4) is 0 Å². The van der Waals surface area contributed by atoms with Gasteiger partial charge < -0.3 is 10.6 Å². The van der Waals surface area contributed by atoms with Crippen molar-refractivity contribution in [1.29, 1.82) is 0 Å². The maximum absolute atomic E-state index is 5.58. The van der Waals surface area contributed by atoms with Crippen LogP contribution >= 0.6 is 0 Å². The standard InChI is InChI=1S/C12H26N2/c1-10(6-7-13)9-14-8-4-5-11(2)12(14)3/h10-12H,4-9,13H2,1-3H3. The van der Waals surface area contributed by atoms with Crippen molar-refractivity contribution in [3.63, 3.8) is 0 Å². The van der Waals surface area contributed by atoms with Crippen LogP contribution in [0.2, 0.25) is 0 Å². The fourth-order valence-corrected chi connectivity index (χ4v) is 2.45. The fourth-order valence-electron chi connectivity index (χ4n) is 2.45. The summed E-state index contributed by atoms with van der Waals surface area (Å²) in [6.07, 6.45) is 3.95. The van der Waals surface area contributed by atoms with Gasteiger partial charge in [0.2, 0.25) is 0 Å². The van der Waals surface area contributed by atoms with Gasteiger partial charge in [0.1, 0.15) is 0 Å². The molecule has 0 aromatic carbocycles. The summed E-state index contributed by atoms with van der Waals surface area (Å²) in [5, 5.41) is 0. The second kappa shape index (κ2) is 5.72. The summed E-state index contributed by atoms with van der Waals surface area (Å²) in [6.45, 7) is 10.4. The van der Waals surface area contributed by atoms with Crippen LogP contribution in [0.1, 0.15) is 40.0 Å². The molecule has 2 heteroatoms. The van der Waals surface area contributed by atoms with Gasteiger partial charge in [0.25, 0.3) is 0 Å². The molecule has 1 aliphatic rings. The number of piperidine rings is 1. The van der Waals surface area contributed by atoms with Gasteiger partial charge in [-0.25, -0.2) is 0 Å². The van der Waals surface area contributed by atoms with Crippen molar-refractivity contribution in [2.45, 2.75) is 46.1 Å². The number of likely N-dealkylation sites (tertiary alicyclic amines) is 1. The largest absolute Gasteiger partial charge is 0.330 e. The van der Waals surface area contributed by atoms with E-state index >= 15 is 0 Å². The minimum atomic E-state index is 0.757. The molecular formula is C12H26N2. The van der Waals surface area contributed by atoms with Gasteiger partial charge in [-0.1, -0.05) is 13.8 Å². The minimum Gasteiger partial charge on any atom is -0.330 e. The third-order valence-corrected chi connectivity index (χ3v) is 3.71. The van der Waals surface area contributed by atoms with E-state index in [2.05, 4.69) is 25.7 Å². The predicted molar refractivity (Wildman–Crippen MR) is 62.3 cm³/mol. The average Bonchev–Trinajstić information content (AvgIpc) is 2.13. The van der Waals surface area contributed by atoms with Gasteiger partial charge >= 0.3 is 0 Å².